The number of imidazole rings is 1. The molecule has 0 saturated heterocycles. The standard InChI is InChI=1S/C12H7Cl4N5O2/c13-8-7-9(18-4-17-8)21(5-19-7)11(12(14,15)16)20-10(22)6-2-1-3-23-6/h1-5,11H,(H,20,22). The quantitative estimate of drug-likeness (QED) is 0.543. The number of furan rings is 1. The first kappa shape index (κ1) is 16.3. The van der Waals surface area contributed by atoms with Crippen molar-refractivity contribution in [1.82, 2.24) is 24.8 Å². The maximum Gasteiger partial charge on any atom is 0.288 e. The Bertz CT molecular complexity index is 843. The number of aromatic nitrogens is 4. The largest absolute Gasteiger partial charge is 0.459 e. The van der Waals surface area contributed by atoms with Crippen LogP contribution in [-0.2, 0) is 0 Å². The highest BCUT2D eigenvalue weighted by Gasteiger charge is 2.37. The van der Waals surface area contributed by atoms with Gasteiger partial charge in [0.2, 0.25) is 3.79 Å². The molecule has 3 aromatic heterocycles. The van der Waals surface area contributed by atoms with Crippen LogP contribution >= 0.6 is 46.4 Å². The highest BCUT2D eigenvalue weighted by Crippen LogP contribution is 2.38. The van der Waals surface area contributed by atoms with E-state index >= 15 is 0 Å². The van der Waals surface area contributed by atoms with Crippen LogP contribution in [0.4, 0.5) is 0 Å². The molecule has 0 saturated carbocycles. The van der Waals surface area contributed by atoms with Crippen molar-refractivity contribution in [2.45, 2.75) is 9.96 Å². The van der Waals surface area contributed by atoms with Gasteiger partial charge in [-0.25, -0.2) is 15.0 Å². The highest BCUT2D eigenvalue weighted by molar-refractivity contribution is 6.68. The molecule has 0 fully saturated rings. The Labute approximate surface area is 149 Å². The number of nitrogens with one attached hydrogen (secondary N) is 1. The maximum absolute atomic E-state index is 12.2. The minimum Gasteiger partial charge on any atom is -0.459 e. The topological polar surface area (TPSA) is 85.8 Å². The molecular formula is C12H7Cl4N5O2. The number of nitrogens with zero attached hydrogens (tertiary/aromatic N) is 4. The van der Waals surface area contributed by atoms with Crippen LogP contribution in [0.15, 0.2) is 35.5 Å². The summed E-state index contributed by atoms with van der Waals surface area (Å²) < 4.78 is 4.52. The van der Waals surface area contributed by atoms with E-state index in [1.54, 1.807) is 6.07 Å². The third kappa shape index (κ3) is 3.23. The lowest BCUT2D eigenvalue weighted by Crippen LogP contribution is -2.40. The molecule has 3 heterocycles. The van der Waals surface area contributed by atoms with Gasteiger partial charge in [-0.1, -0.05) is 46.4 Å². The van der Waals surface area contributed by atoms with Crippen LogP contribution in [-0.4, -0.2) is 29.2 Å². The molecule has 7 nitrogen and oxygen atoms in total. The number of halogens is 4. The van der Waals surface area contributed by atoms with Crippen molar-refractivity contribution in [1.29, 1.82) is 0 Å². The van der Waals surface area contributed by atoms with E-state index in [0.29, 0.717) is 11.2 Å². The molecule has 0 radical (unpaired) electrons. The number of amides is 1. The molecule has 0 aliphatic rings. The summed E-state index contributed by atoms with van der Waals surface area (Å²) >= 11 is 23.9. The van der Waals surface area contributed by atoms with Gasteiger partial charge in [0.25, 0.3) is 5.91 Å². The molecule has 0 aliphatic carbocycles. The summed E-state index contributed by atoms with van der Waals surface area (Å²) in [6.07, 6.45) is 2.85. The van der Waals surface area contributed by atoms with Crippen molar-refractivity contribution in [3.63, 3.8) is 0 Å². The molecule has 1 unspecified atom stereocenters. The number of alkyl halides is 3. The number of carbonyl (C=O) groups excluding carboxylic acids is 1. The summed E-state index contributed by atoms with van der Waals surface area (Å²) in [6, 6.07) is 3.05. The lowest BCUT2D eigenvalue weighted by molar-refractivity contribution is 0.0893. The number of hydrogen-bond donors (Lipinski definition) is 1. The molecule has 3 rings (SSSR count). The zero-order valence-electron chi connectivity index (χ0n) is 11.1. The zero-order valence-corrected chi connectivity index (χ0v) is 14.1. The molecule has 0 aliphatic heterocycles. The van der Waals surface area contributed by atoms with Crippen LogP contribution in [0.2, 0.25) is 5.15 Å². The van der Waals surface area contributed by atoms with Gasteiger partial charge in [0, 0.05) is 0 Å². The second-order valence-corrected chi connectivity index (χ2v) is 7.11. The third-order valence-electron chi connectivity index (χ3n) is 2.92. The van der Waals surface area contributed by atoms with E-state index in [9.17, 15) is 4.79 Å². The van der Waals surface area contributed by atoms with Crippen LogP contribution in [0.1, 0.15) is 16.7 Å². The summed E-state index contributed by atoms with van der Waals surface area (Å²) in [7, 11) is 0. The summed E-state index contributed by atoms with van der Waals surface area (Å²) in [5.74, 6) is -0.491. The van der Waals surface area contributed by atoms with Gasteiger partial charge >= 0.3 is 0 Å². The van der Waals surface area contributed by atoms with Crippen LogP contribution in [0.25, 0.3) is 11.2 Å². The van der Waals surface area contributed by atoms with E-state index in [-0.39, 0.29) is 10.9 Å². The van der Waals surface area contributed by atoms with Gasteiger partial charge in [-0.05, 0) is 12.1 Å². The normalized spacial score (nSPS) is 13.2. The van der Waals surface area contributed by atoms with E-state index in [1.807, 2.05) is 0 Å². The molecule has 1 N–H and O–H groups in total. The fourth-order valence-corrected chi connectivity index (χ4v) is 2.58. The average Bonchev–Trinajstić information content (AvgIpc) is 3.13. The van der Waals surface area contributed by atoms with E-state index in [0.717, 1.165) is 0 Å². The van der Waals surface area contributed by atoms with Gasteiger partial charge in [0.1, 0.15) is 11.8 Å². The Morgan fingerprint density at radius 3 is 2.74 bits per heavy atom. The zero-order chi connectivity index (χ0) is 16.6. The molecule has 3 aromatic rings. The molecule has 23 heavy (non-hydrogen) atoms. The second kappa shape index (κ2) is 6.16. The summed E-state index contributed by atoms with van der Waals surface area (Å²) in [5.41, 5.74) is 0.627. The predicted octanol–water partition coefficient (Wildman–Crippen LogP) is 3.37. The van der Waals surface area contributed by atoms with Crippen molar-refractivity contribution >= 4 is 63.5 Å². The number of carbonyl (C=O) groups is 1. The fourth-order valence-electron chi connectivity index (χ4n) is 1.92. The molecule has 0 aromatic carbocycles. The molecule has 0 bridgehead atoms. The molecule has 1 atom stereocenters. The smallest absolute Gasteiger partial charge is 0.288 e. The first-order valence-corrected chi connectivity index (χ1v) is 7.63. The average molecular weight is 395 g/mol. The van der Waals surface area contributed by atoms with Gasteiger partial charge < -0.3 is 9.73 Å². The van der Waals surface area contributed by atoms with Gasteiger partial charge in [-0.15, -0.1) is 0 Å². The Hall–Kier alpha value is -1.54. The van der Waals surface area contributed by atoms with Crippen molar-refractivity contribution in [2.24, 2.45) is 0 Å². The van der Waals surface area contributed by atoms with Crippen LogP contribution in [0, 0.1) is 0 Å². The predicted molar refractivity (Wildman–Crippen MR) is 85.8 cm³/mol. The van der Waals surface area contributed by atoms with Crippen LogP contribution in [0.5, 0.6) is 0 Å². The summed E-state index contributed by atoms with van der Waals surface area (Å²) in [6.45, 7) is 0. The van der Waals surface area contributed by atoms with Gasteiger partial charge in [0.15, 0.2) is 22.7 Å². The SMILES string of the molecule is O=C(NC(n1cnc2c(Cl)ncnc21)C(Cl)(Cl)Cl)c1ccco1. The van der Waals surface area contributed by atoms with E-state index in [1.165, 1.54) is 29.6 Å². The minimum absolute atomic E-state index is 0.0707. The molecule has 0 spiro atoms. The van der Waals surface area contributed by atoms with Crippen molar-refractivity contribution in [3.8, 4) is 0 Å². The maximum atomic E-state index is 12.2. The second-order valence-electron chi connectivity index (χ2n) is 4.38. The number of hydrogen-bond acceptors (Lipinski definition) is 5. The van der Waals surface area contributed by atoms with Gasteiger partial charge in [-0.3, -0.25) is 9.36 Å². The summed E-state index contributed by atoms with van der Waals surface area (Å²) in [4.78, 5) is 24.1. The molecular weight excluding hydrogens is 388 g/mol. The van der Waals surface area contributed by atoms with E-state index < -0.39 is 15.9 Å². The monoisotopic (exact) mass is 393 g/mol. The number of rotatable bonds is 3. The lowest BCUT2D eigenvalue weighted by atomic mass is 10.4. The summed E-state index contributed by atoms with van der Waals surface area (Å²) in [5, 5.41) is 2.71. The minimum atomic E-state index is -1.88. The first-order chi connectivity index (χ1) is 10.9. The van der Waals surface area contributed by atoms with Gasteiger partial charge in [0.05, 0.1) is 12.6 Å². The first-order valence-electron chi connectivity index (χ1n) is 6.12. The molecule has 120 valence electrons. The third-order valence-corrected chi connectivity index (χ3v) is 3.81. The lowest BCUT2D eigenvalue weighted by Gasteiger charge is -2.26. The van der Waals surface area contributed by atoms with Crippen molar-refractivity contribution < 1.29 is 9.21 Å². The Morgan fingerprint density at radius 1 is 1.30 bits per heavy atom. The Morgan fingerprint density at radius 2 is 2.09 bits per heavy atom. The van der Waals surface area contributed by atoms with Gasteiger partial charge in [-0.2, -0.15) is 0 Å². The molecule has 11 heteroatoms. The highest BCUT2D eigenvalue weighted by atomic mass is 35.6. The van der Waals surface area contributed by atoms with Crippen molar-refractivity contribution in [3.05, 3.63) is 42.0 Å². The van der Waals surface area contributed by atoms with E-state index in [2.05, 4.69) is 20.3 Å². The Kier molecular flexibility index (Phi) is 4.37. The Balaban J connectivity index is 2.02. The van der Waals surface area contributed by atoms with E-state index in [4.69, 9.17) is 50.8 Å². The van der Waals surface area contributed by atoms with Crippen LogP contribution in [0.3, 0.4) is 0 Å². The molecule has 1 amide bonds. The van der Waals surface area contributed by atoms with Crippen molar-refractivity contribution in [2.75, 3.05) is 0 Å². The fraction of sp³-hybridized carbons (Fsp3) is 0.167. The van der Waals surface area contributed by atoms with Crippen LogP contribution < -0.4 is 5.32 Å². The number of fused-ring (bicyclic) bond motifs is 1.